The maximum absolute atomic E-state index is 12.5. The van der Waals surface area contributed by atoms with Crippen LogP contribution in [0.2, 0.25) is 5.02 Å². The predicted molar refractivity (Wildman–Crippen MR) is 127 cm³/mol. The maximum atomic E-state index is 12.5. The van der Waals surface area contributed by atoms with E-state index in [2.05, 4.69) is 5.32 Å². The number of hydrogen-bond donors (Lipinski definition) is 2. The number of aliphatic carboxylic acids is 1. The third-order valence-electron chi connectivity index (χ3n) is 5.62. The molecule has 0 fully saturated rings. The van der Waals surface area contributed by atoms with Gasteiger partial charge in [-0.1, -0.05) is 29.8 Å². The van der Waals surface area contributed by atoms with Crippen LogP contribution in [-0.2, 0) is 11.2 Å². The fourth-order valence-electron chi connectivity index (χ4n) is 3.85. The number of halogens is 1. The second-order valence-electron chi connectivity index (χ2n) is 7.79. The molecule has 0 aromatic heterocycles. The Bertz CT molecular complexity index is 1190. The summed E-state index contributed by atoms with van der Waals surface area (Å²) >= 11 is 6.35. The highest BCUT2D eigenvalue weighted by molar-refractivity contribution is 6.32. The van der Waals surface area contributed by atoms with Crippen molar-refractivity contribution in [2.45, 2.75) is 18.8 Å². The lowest BCUT2D eigenvalue weighted by Crippen LogP contribution is -2.25. The summed E-state index contributed by atoms with van der Waals surface area (Å²) in [7, 11) is 1.62. The van der Waals surface area contributed by atoms with Crippen molar-refractivity contribution in [2.24, 2.45) is 0 Å². The number of nitrogens with one attached hydrogen (secondary N) is 1. The fourth-order valence-corrected chi connectivity index (χ4v) is 4.06. The number of rotatable bonds is 8. The van der Waals surface area contributed by atoms with E-state index in [1.807, 2.05) is 24.3 Å². The first-order chi connectivity index (χ1) is 16.5. The molecule has 3 aromatic rings. The van der Waals surface area contributed by atoms with Crippen molar-refractivity contribution in [3.05, 3.63) is 82.4 Å². The van der Waals surface area contributed by atoms with E-state index >= 15 is 0 Å². The lowest BCUT2D eigenvalue weighted by atomic mass is 9.93. The number of fused-ring (bicyclic) bond motifs is 1. The summed E-state index contributed by atoms with van der Waals surface area (Å²) in [6, 6.07) is 17.5. The zero-order valence-electron chi connectivity index (χ0n) is 18.5. The lowest BCUT2D eigenvalue weighted by molar-refractivity contribution is -0.139. The zero-order valence-corrected chi connectivity index (χ0v) is 19.3. The van der Waals surface area contributed by atoms with Crippen LogP contribution in [0, 0.1) is 0 Å². The first kappa shape index (κ1) is 23.4. The van der Waals surface area contributed by atoms with Gasteiger partial charge in [0.15, 0.2) is 0 Å². The second kappa shape index (κ2) is 10.5. The molecular weight excluding hydrogens is 458 g/mol. The van der Waals surface area contributed by atoms with E-state index in [1.54, 1.807) is 43.5 Å². The van der Waals surface area contributed by atoms with Gasteiger partial charge in [-0.15, -0.1) is 0 Å². The van der Waals surface area contributed by atoms with Crippen LogP contribution < -0.4 is 19.5 Å². The van der Waals surface area contributed by atoms with Gasteiger partial charge in [0, 0.05) is 23.7 Å². The van der Waals surface area contributed by atoms with Gasteiger partial charge >= 0.3 is 5.97 Å². The molecule has 7 nitrogen and oxygen atoms in total. The Morgan fingerprint density at radius 1 is 1.12 bits per heavy atom. The molecule has 0 bridgehead atoms. The van der Waals surface area contributed by atoms with Gasteiger partial charge in [-0.25, -0.2) is 0 Å². The quantitative estimate of drug-likeness (QED) is 0.467. The second-order valence-corrected chi connectivity index (χ2v) is 8.20. The third kappa shape index (κ3) is 5.26. The Hall–Kier alpha value is -3.71. The fraction of sp³-hybridized carbons (Fsp3) is 0.231. The molecule has 176 valence electrons. The summed E-state index contributed by atoms with van der Waals surface area (Å²) in [5.74, 6) is 0.314. The van der Waals surface area contributed by atoms with Crippen LogP contribution in [-0.4, -0.2) is 37.2 Å². The summed E-state index contributed by atoms with van der Waals surface area (Å²) < 4.78 is 16.8. The lowest BCUT2D eigenvalue weighted by Gasteiger charge is -2.24. The molecule has 1 heterocycles. The summed E-state index contributed by atoms with van der Waals surface area (Å²) in [4.78, 5) is 24.0. The standard InChI is InChI=1S/C26H24ClNO6/c1-32-22-5-3-2-4-16(22)10-12-28-25(29)17-6-8-18(9-7-17)34-24-15-23-20(14-21(24)27)19(26(30)31)11-13-33-23/h2-9,14-15,19H,10-13H2,1H3,(H,28,29)(H,30,31). The van der Waals surface area contributed by atoms with E-state index in [-0.39, 0.29) is 10.9 Å². The van der Waals surface area contributed by atoms with Gasteiger partial charge in [-0.05, 0) is 54.8 Å². The summed E-state index contributed by atoms with van der Waals surface area (Å²) in [6.45, 7) is 0.783. The third-order valence-corrected chi connectivity index (χ3v) is 5.91. The highest BCUT2D eigenvalue weighted by atomic mass is 35.5. The van der Waals surface area contributed by atoms with Crippen molar-refractivity contribution in [1.29, 1.82) is 0 Å². The maximum Gasteiger partial charge on any atom is 0.311 e. The number of para-hydroxylation sites is 1. The van der Waals surface area contributed by atoms with Crippen LogP contribution >= 0.6 is 11.6 Å². The van der Waals surface area contributed by atoms with E-state index in [4.69, 9.17) is 25.8 Å². The summed E-state index contributed by atoms with van der Waals surface area (Å²) in [6.07, 6.45) is 1.04. The molecule has 0 spiro atoms. The molecular formula is C26H24ClNO6. The molecule has 0 aliphatic carbocycles. The van der Waals surface area contributed by atoms with E-state index in [0.29, 0.717) is 54.4 Å². The van der Waals surface area contributed by atoms with Gasteiger partial charge in [-0.3, -0.25) is 9.59 Å². The van der Waals surface area contributed by atoms with Crippen LogP contribution in [0.3, 0.4) is 0 Å². The molecule has 1 aliphatic heterocycles. The molecule has 0 radical (unpaired) electrons. The van der Waals surface area contributed by atoms with Gasteiger partial charge in [0.1, 0.15) is 23.0 Å². The number of carboxylic acid groups (broad SMARTS) is 1. The molecule has 0 saturated carbocycles. The topological polar surface area (TPSA) is 94.1 Å². The Morgan fingerprint density at radius 3 is 2.62 bits per heavy atom. The SMILES string of the molecule is COc1ccccc1CCNC(=O)c1ccc(Oc2cc3c(cc2Cl)C(C(=O)O)CCO3)cc1. The molecule has 1 atom stereocenters. The Labute approximate surface area is 202 Å². The number of amides is 1. The summed E-state index contributed by atoms with van der Waals surface area (Å²) in [5.41, 5.74) is 2.06. The monoisotopic (exact) mass is 481 g/mol. The van der Waals surface area contributed by atoms with E-state index in [0.717, 1.165) is 11.3 Å². The molecule has 1 amide bonds. The average molecular weight is 482 g/mol. The first-order valence-corrected chi connectivity index (χ1v) is 11.2. The van der Waals surface area contributed by atoms with Crippen molar-refractivity contribution in [3.63, 3.8) is 0 Å². The highest BCUT2D eigenvalue weighted by Crippen LogP contribution is 2.41. The van der Waals surface area contributed by atoms with Crippen LogP contribution in [0.4, 0.5) is 0 Å². The van der Waals surface area contributed by atoms with Gasteiger partial charge in [0.05, 0.1) is 24.7 Å². The van der Waals surface area contributed by atoms with Crippen molar-refractivity contribution in [1.82, 2.24) is 5.32 Å². The average Bonchev–Trinajstić information content (AvgIpc) is 2.84. The first-order valence-electron chi connectivity index (χ1n) is 10.8. The molecule has 0 saturated heterocycles. The minimum atomic E-state index is -0.911. The number of hydrogen-bond acceptors (Lipinski definition) is 5. The van der Waals surface area contributed by atoms with Gasteiger partial charge < -0.3 is 24.6 Å². The van der Waals surface area contributed by atoms with Crippen molar-refractivity contribution in [2.75, 3.05) is 20.3 Å². The summed E-state index contributed by atoms with van der Waals surface area (Å²) in [5, 5.41) is 12.6. The van der Waals surface area contributed by atoms with Crippen LogP contribution in [0.25, 0.3) is 0 Å². The van der Waals surface area contributed by atoms with Gasteiger partial charge in [0.2, 0.25) is 0 Å². The Kier molecular flexibility index (Phi) is 7.23. The number of carboxylic acids is 1. The van der Waals surface area contributed by atoms with Gasteiger partial charge in [-0.2, -0.15) is 0 Å². The minimum Gasteiger partial charge on any atom is -0.496 e. The van der Waals surface area contributed by atoms with Crippen molar-refractivity contribution < 1.29 is 28.9 Å². The number of carbonyl (C=O) groups is 2. The minimum absolute atomic E-state index is 0.193. The highest BCUT2D eigenvalue weighted by Gasteiger charge is 2.29. The van der Waals surface area contributed by atoms with Crippen molar-refractivity contribution >= 4 is 23.5 Å². The number of methoxy groups -OCH3 is 1. The Morgan fingerprint density at radius 2 is 1.88 bits per heavy atom. The van der Waals surface area contributed by atoms with Crippen molar-refractivity contribution in [3.8, 4) is 23.0 Å². The molecule has 3 aromatic carbocycles. The number of ether oxygens (including phenoxy) is 3. The molecule has 8 heteroatoms. The number of benzene rings is 3. The molecule has 2 N–H and O–H groups in total. The normalized spacial score (nSPS) is 14.5. The Balaban J connectivity index is 1.38. The van der Waals surface area contributed by atoms with Crippen LogP contribution in [0.1, 0.15) is 33.8 Å². The van der Waals surface area contributed by atoms with E-state index < -0.39 is 11.9 Å². The predicted octanol–water partition coefficient (Wildman–Crippen LogP) is 5.06. The number of carbonyl (C=O) groups excluding carboxylic acids is 1. The molecule has 34 heavy (non-hydrogen) atoms. The smallest absolute Gasteiger partial charge is 0.311 e. The molecule has 4 rings (SSSR count). The molecule has 1 aliphatic rings. The zero-order chi connectivity index (χ0) is 24.1. The largest absolute Gasteiger partial charge is 0.496 e. The molecule has 1 unspecified atom stereocenters. The van der Waals surface area contributed by atoms with Gasteiger partial charge in [0.25, 0.3) is 5.91 Å². The van der Waals surface area contributed by atoms with Crippen LogP contribution in [0.5, 0.6) is 23.0 Å². The van der Waals surface area contributed by atoms with Crippen LogP contribution in [0.15, 0.2) is 60.7 Å². The van der Waals surface area contributed by atoms with E-state index in [9.17, 15) is 14.7 Å². The van der Waals surface area contributed by atoms with E-state index in [1.165, 1.54) is 0 Å².